The molecule has 0 amide bonds. The summed E-state index contributed by atoms with van der Waals surface area (Å²) >= 11 is 0. The Balaban J connectivity index is 3.31. The van der Waals surface area contributed by atoms with Gasteiger partial charge in [-0.2, -0.15) is 0 Å². The zero-order valence-electron chi connectivity index (χ0n) is 5.42. The zero-order chi connectivity index (χ0) is 6.41. The van der Waals surface area contributed by atoms with Crippen LogP contribution in [0.1, 0.15) is 13.8 Å². The Hall–Kier alpha value is -0.720. The third-order valence-electron chi connectivity index (χ3n) is 0.774. The lowest BCUT2D eigenvalue weighted by Crippen LogP contribution is -1.96. The summed E-state index contributed by atoms with van der Waals surface area (Å²) in [6.07, 6.45) is 5.53. The Morgan fingerprint density at radius 1 is 1.62 bits per heavy atom. The molecule has 1 unspecified atom stereocenters. The van der Waals surface area contributed by atoms with Crippen LogP contribution in [-0.4, -0.2) is 6.10 Å². The van der Waals surface area contributed by atoms with Crippen LogP contribution in [0, 0.1) is 0 Å². The van der Waals surface area contributed by atoms with Gasteiger partial charge in [0, 0.05) is 0 Å². The lowest BCUT2D eigenvalue weighted by molar-refractivity contribution is 0.205. The molecule has 0 aromatic carbocycles. The predicted octanol–water partition coefficient (Wildman–Crippen LogP) is 2.11. The number of hydrogen-bond acceptors (Lipinski definition) is 1. The molecule has 0 bridgehead atoms. The third-order valence-corrected chi connectivity index (χ3v) is 0.774. The minimum Gasteiger partial charge on any atom is -0.495 e. The van der Waals surface area contributed by atoms with Crippen molar-refractivity contribution in [2.24, 2.45) is 0 Å². The van der Waals surface area contributed by atoms with Gasteiger partial charge in [-0.25, -0.2) is 0 Å². The zero-order valence-corrected chi connectivity index (χ0v) is 5.42. The molecule has 0 radical (unpaired) electrons. The summed E-state index contributed by atoms with van der Waals surface area (Å²) in [4.78, 5) is 0. The monoisotopic (exact) mass is 112 g/mol. The molecule has 0 fully saturated rings. The number of ether oxygens (including phenoxy) is 1. The van der Waals surface area contributed by atoms with Crippen molar-refractivity contribution < 1.29 is 4.74 Å². The Labute approximate surface area is 50.7 Å². The normalized spacial score (nSPS) is 13.8. The van der Waals surface area contributed by atoms with Gasteiger partial charge in [-0.15, -0.1) is 0 Å². The summed E-state index contributed by atoms with van der Waals surface area (Å²) in [5.74, 6) is 0. The van der Waals surface area contributed by atoms with Gasteiger partial charge in [0.1, 0.15) is 6.10 Å². The molecule has 0 aliphatic rings. The van der Waals surface area contributed by atoms with Crippen LogP contribution >= 0.6 is 0 Å². The van der Waals surface area contributed by atoms with Gasteiger partial charge in [0.2, 0.25) is 0 Å². The molecule has 0 N–H and O–H groups in total. The molecule has 1 atom stereocenters. The van der Waals surface area contributed by atoms with Gasteiger partial charge >= 0.3 is 0 Å². The molecular weight excluding hydrogens is 100 g/mol. The van der Waals surface area contributed by atoms with E-state index in [1.54, 1.807) is 0 Å². The molecule has 0 heterocycles. The van der Waals surface area contributed by atoms with Crippen molar-refractivity contribution >= 4 is 0 Å². The number of allylic oxidation sites excluding steroid dienone is 1. The Morgan fingerprint density at radius 3 is 2.62 bits per heavy atom. The maximum absolute atomic E-state index is 4.96. The highest BCUT2D eigenvalue weighted by Gasteiger charge is 1.87. The first-order valence-electron chi connectivity index (χ1n) is 2.70. The molecule has 1 heteroatoms. The second kappa shape index (κ2) is 4.44. The minimum absolute atomic E-state index is 0.164. The van der Waals surface area contributed by atoms with Gasteiger partial charge in [0.25, 0.3) is 0 Å². The lowest BCUT2D eigenvalue weighted by Gasteiger charge is -2.02. The fraction of sp³-hybridized carbons (Fsp3) is 0.429. The van der Waals surface area contributed by atoms with Crippen LogP contribution in [0.15, 0.2) is 25.0 Å². The summed E-state index contributed by atoms with van der Waals surface area (Å²) in [7, 11) is 0. The molecular formula is C7H12O. The van der Waals surface area contributed by atoms with E-state index >= 15 is 0 Å². The van der Waals surface area contributed by atoms with E-state index in [1.165, 1.54) is 6.26 Å². The van der Waals surface area contributed by atoms with E-state index in [4.69, 9.17) is 4.74 Å². The number of rotatable bonds is 3. The smallest absolute Gasteiger partial charge is 0.113 e. The minimum atomic E-state index is 0.164. The van der Waals surface area contributed by atoms with Crippen molar-refractivity contribution in [2.45, 2.75) is 20.0 Å². The average Bonchev–Trinajstić information content (AvgIpc) is 1.68. The predicted molar refractivity (Wildman–Crippen MR) is 35.6 cm³/mol. The van der Waals surface area contributed by atoms with Gasteiger partial charge < -0.3 is 4.74 Å². The SMILES string of the molecule is C=COC(C)/C=C/C. The van der Waals surface area contributed by atoms with Crippen LogP contribution in [0.25, 0.3) is 0 Å². The molecule has 8 heavy (non-hydrogen) atoms. The van der Waals surface area contributed by atoms with Crippen LogP contribution in [0.5, 0.6) is 0 Å². The maximum atomic E-state index is 4.96. The number of hydrogen-bond donors (Lipinski definition) is 0. The van der Waals surface area contributed by atoms with Gasteiger partial charge in [0.15, 0.2) is 0 Å². The van der Waals surface area contributed by atoms with E-state index in [1.807, 2.05) is 26.0 Å². The van der Waals surface area contributed by atoms with Crippen LogP contribution in [0.4, 0.5) is 0 Å². The van der Waals surface area contributed by atoms with Gasteiger partial charge in [0.05, 0.1) is 6.26 Å². The Morgan fingerprint density at radius 2 is 2.25 bits per heavy atom. The first-order valence-corrected chi connectivity index (χ1v) is 2.70. The molecule has 46 valence electrons. The Kier molecular flexibility index (Phi) is 4.04. The van der Waals surface area contributed by atoms with E-state index < -0.39 is 0 Å². The topological polar surface area (TPSA) is 9.23 Å². The lowest BCUT2D eigenvalue weighted by atomic mass is 10.4. The van der Waals surface area contributed by atoms with Crippen molar-refractivity contribution in [3.05, 3.63) is 25.0 Å². The van der Waals surface area contributed by atoms with Crippen LogP contribution in [0.3, 0.4) is 0 Å². The molecule has 0 aromatic heterocycles. The summed E-state index contributed by atoms with van der Waals surface area (Å²) in [6, 6.07) is 0. The van der Waals surface area contributed by atoms with Crippen molar-refractivity contribution in [1.82, 2.24) is 0 Å². The third kappa shape index (κ3) is 3.47. The first kappa shape index (κ1) is 7.28. The molecule has 0 aliphatic heterocycles. The van der Waals surface area contributed by atoms with Crippen molar-refractivity contribution in [2.75, 3.05) is 0 Å². The molecule has 0 saturated carbocycles. The maximum Gasteiger partial charge on any atom is 0.113 e. The van der Waals surface area contributed by atoms with Gasteiger partial charge in [-0.1, -0.05) is 12.7 Å². The standard InChI is InChI=1S/C7H12O/c1-4-6-7(3)8-5-2/h4-7H,2H2,1,3H3/b6-4+. The van der Waals surface area contributed by atoms with E-state index in [9.17, 15) is 0 Å². The molecule has 1 nitrogen and oxygen atoms in total. The van der Waals surface area contributed by atoms with E-state index in [-0.39, 0.29) is 6.10 Å². The fourth-order valence-corrected chi connectivity index (χ4v) is 0.468. The molecule has 0 spiro atoms. The van der Waals surface area contributed by atoms with E-state index in [0.29, 0.717) is 0 Å². The highest BCUT2D eigenvalue weighted by atomic mass is 16.5. The molecule has 0 aliphatic carbocycles. The van der Waals surface area contributed by atoms with Gasteiger partial charge in [-0.05, 0) is 19.9 Å². The van der Waals surface area contributed by atoms with Crippen molar-refractivity contribution in [3.63, 3.8) is 0 Å². The summed E-state index contributed by atoms with van der Waals surface area (Å²) in [5.41, 5.74) is 0. The van der Waals surface area contributed by atoms with E-state index in [0.717, 1.165) is 0 Å². The van der Waals surface area contributed by atoms with Crippen molar-refractivity contribution in [3.8, 4) is 0 Å². The van der Waals surface area contributed by atoms with Gasteiger partial charge in [-0.3, -0.25) is 0 Å². The van der Waals surface area contributed by atoms with Crippen molar-refractivity contribution in [1.29, 1.82) is 0 Å². The van der Waals surface area contributed by atoms with E-state index in [2.05, 4.69) is 6.58 Å². The van der Waals surface area contributed by atoms with Crippen LogP contribution < -0.4 is 0 Å². The highest BCUT2D eigenvalue weighted by Crippen LogP contribution is 1.90. The van der Waals surface area contributed by atoms with Crippen LogP contribution in [-0.2, 0) is 4.74 Å². The molecule has 0 aromatic rings. The largest absolute Gasteiger partial charge is 0.495 e. The molecule has 0 rings (SSSR count). The Bertz CT molecular complexity index is 84.4. The fourth-order valence-electron chi connectivity index (χ4n) is 0.468. The second-order valence-corrected chi connectivity index (χ2v) is 1.53. The highest BCUT2D eigenvalue weighted by molar-refractivity contribution is 4.84. The second-order valence-electron chi connectivity index (χ2n) is 1.53. The summed E-state index contributed by atoms with van der Waals surface area (Å²) in [6.45, 7) is 7.35. The summed E-state index contributed by atoms with van der Waals surface area (Å²) in [5, 5.41) is 0. The average molecular weight is 112 g/mol. The summed E-state index contributed by atoms with van der Waals surface area (Å²) < 4.78 is 4.96. The molecule has 0 saturated heterocycles. The van der Waals surface area contributed by atoms with Crippen LogP contribution in [0.2, 0.25) is 0 Å². The quantitative estimate of drug-likeness (QED) is 0.401. The first-order chi connectivity index (χ1) is 3.81.